The molecule has 1 aromatic heterocycles. The molecule has 2 bridgehead atoms. The Labute approximate surface area is 180 Å². The fourth-order valence-corrected chi connectivity index (χ4v) is 5.32. The van der Waals surface area contributed by atoms with Crippen molar-refractivity contribution in [1.82, 2.24) is 9.97 Å². The van der Waals surface area contributed by atoms with Gasteiger partial charge in [0.1, 0.15) is 0 Å². The molecular weight excluding hydrogens is 392 g/mol. The maximum Gasteiger partial charge on any atom is 0.269 e. The van der Waals surface area contributed by atoms with Crippen LogP contribution in [-0.2, 0) is 16.6 Å². The van der Waals surface area contributed by atoms with Crippen molar-refractivity contribution in [1.29, 1.82) is 0 Å². The summed E-state index contributed by atoms with van der Waals surface area (Å²) in [5.74, 6) is 0.236. The lowest BCUT2D eigenvalue weighted by molar-refractivity contribution is -0.384. The Morgan fingerprint density at radius 3 is 2.58 bits per heavy atom. The summed E-state index contributed by atoms with van der Waals surface area (Å²) >= 11 is 0. The zero-order valence-electron chi connectivity index (χ0n) is 17.8. The molecule has 3 aromatic rings. The van der Waals surface area contributed by atoms with Crippen molar-refractivity contribution in [3.63, 3.8) is 0 Å². The molecule has 2 aliphatic rings. The summed E-state index contributed by atoms with van der Waals surface area (Å²) in [5.41, 5.74) is 5.48. The van der Waals surface area contributed by atoms with E-state index in [9.17, 15) is 14.9 Å². The van der Waals surface area contributed by atoms with E-state index in [1.165, 1.54) is 12.1 Å². The minimum atomic E-state index is -0.454. The summed E-state index contributed by atoms with van der Waals surface area (Å²) < 4.78 is 0. The molecule has 0 saturated heterocycles. The SMILES string of the molecule is CC12CCC(c3nc4cc(NC(=O)Cc5ccc([N+](=O)[O-])cc5)ccc4nc31)C2(C)C. The van der Waals surface area contributed by atoms with Gasteiger partial charge in [-0.3, -0.25) is 14.9 Å². The highest BCUT2D eigenvalue weighted by Crippen LogP contribution is 2.66. The van der Waals surface area contributed by atoms with E-state index in [0.29, 0.717) is 17.2 Å². The van der Waals surface area contributed by atoms with Gasteiger partial charge in [0.2, 0.25) is 5.91 Å². The molecule has 0 spiro atoms. The van der Waals surface area contributed by atoms with E-state index in [2.05, 4.69) is 26.1 Å². The first-order chi connectivity index (χ1) is 14.7. The van der Waals surface area contributed by atoms with Crippen molar-refractivity contribution in [2.45, 2.75) is 51.4 Å². The van der Waals surface area contributed by atoms with Crippen LogP contribution in [-0.4, -0.2) is 20.8 Å². The van der Waals surface area contributed by atoms with E-state index in [4.69, 9.17) is 9.97 Å². The van der Waals surface area contributed by atoms with Crippen LogP contribution in [0.2, 0.25) is 0 Å². The highest BCUT2D eigenvalue weighted by molar-refractivity contribution is 5.94. The molecule has 1 heterocycles. The minimum absolute atomic E-state index is 0.00975. The summed E-state index contributed by atoms with van der Waals surface area (Å²) in [6.07, 6.45) is 2.43. The summed E-state index contributed by atoms with van der Waals surface area (Å²) in [7, 11) is 0. The van der Waals surface area contributed by atoms with Gasteiger partial charge in [-0.15, -0.1) is 0 Å². The van der Waals surface area contributed by atoms with Crippen molar-refractivity contribution in [3.05, 3.63) is 69.5 Å². The van der Waals surface area contributed by atoms with Gasteiger partial charge in [0, 0.05) is 29.2 Å². The van der Waals surface area contributed by atoms with E-state index < -0.39 is 4.92 Å². The quantitative estimate of drug-likeness (QED) is 0.482. The number of nitro groups is 1. The molecule has 5 rings (SSSR count). The molecule has 2 atom stereocenters. The van der Waals surface area contributed by atoms with Crippen molar-refractivity contribution >= 4 is 28.3 Å². The number of amides is 1. The largest absolute Gasteiger partial charge is 0.326 e. The first-order valence-electron chi connectivity index (χ1n) is 10.5. The van der Waals surface area contributed by atoms with Crippen LogP contribution in [0.25, 0.3) is 11.0 Å². The average Bonchev–Trinajstić information content (AvgIpc) is 3.05. The predicted octanol–water partition coefficient (Wildman–Crippen LogP) is 4.89. The maximum absolute atomic E-state index is 12.5. The fraction of sp³-hybridized carbons (Fsp3) is 0.375. The van der Waals surface area contributed by atoms with E-state index >= 15 is 0 Å². The number of benzene rings is 2. The van der Waals surface area contributed by atoms with Crippen molar-refractivity contribution < 1.29 is 9.72 Å². The second-order valence-corrected chi connectivity index (χ2v) is 9.45. The number of anilines is 1. The number of hydrogen-bond donors (Lipinski definition) is 1. The molecule has 2 unspecified atom stereocenters. The molecule has 7 nitrogen and oxygen atoms in total. The van der Waals surface area contributed by atoms with Gasteiger partial charge in [0.05, 0.1) is 33.8 Å². The first kappa shape index (κ1) is 19.6. The summed E-state index contributed by atoms with van der Waals surface area (Å²) in [5, 5.41) is 13.7. The lowest BCUT2D eigenvalue weighted by Gasteiger charge is -2.34. The lowest BCUT2D eigenvalue weighted by atomic mass is 9.70. The molecule has 1 amide bonds. The molecule has 31 heavy (non-hydrogen) atoms. The highest BCUT2D eigenvalue weighted by Gasteiger charge is 2.61. The Morgan fingerprint density at radius 2 is 1.87 bits per heavy atom. The summed E-state index contributed by atoms with van der Waals surface area (Å²) in [6, 6.07) is 11.6. The zero-order valence-corrected chi connectivity index (χ0v) is 17.8. The topological polar surface area (TPSA) is 98.0 Å². The molecule has 1 saturated carbocycles. The number of fused-ring (bicyclic) bond motifs is 6. The summed E-state index contributed by atoms with van der Waals surface area (Å²) in [6.45, 7) is 6.96. The number of hydrogen-bond acceptors (Lipinski definition) is 5. The number of rotatable bonds is 4. The molecule has 0 radical (unpaired) electrons. The average molecular weight is 416 g/mol. The van der Waals surface area contributed by atoms with Crippen LogP contribution in [0.3, 0.4) is 0 Å². The Kier molecular flexibility index (Phi) is 4.16. The number of carbonyl (C=O) groups excluding carboxylic acids is 1. The van der Waals surface area contributed by atoms with Gasteiger partial charge in [-0.1, -0.05) is 32.9 Å². The van der Waals surface area contributed by atoms with Gasteiger partial charge >= 0.3 is 0 Å². The molecule has 0 aliphatic heterocycles. The van der Waals surface area contributed by atoms with Crippen LogP contribution in [0.1, 0.15) is 56.5 Å². The lowest BCUT2D eigenvalue weighted by Crippen LogP contribution is -2.31. The van der Waals surface area contributed by atoms with Gasteiger partial charge < -0.3 is 5.32 Å². The van der Waals surface area contributed by atoms with Crippen molar-refractivity contribution in [2.24, 2.45) is 5.41 Å². The summed E-state index contributed by atoms with van der Waals surface area (Å²) in [4.78, 5) is 32.7. The third kappa shape index (κ3) is 2.91. The minimum Gasteiger partial charge on any atom is -0.326 e. The first-order valence-corrected chi connectivity index (χ1v) is 10.5. The maximum atomic E-state index is 12.5. The molecule has 158 valence electrons. The fourth-order valence-electron chi connectivity index (χ4n) is 5.32. The molecule has 1 fully saturated rings. The van der Waals surface area contributed by atoms with E-state index in [-0.39, 0.29) is 28.8 Å². The monoisotopic (exact) mass is 416 g/mol. The van der Waals surface area contributed by atoms with Gasteiger partial charge in [-0.05, 0) is 42.0 Å². The molecule has 7 heteroatoms. The van der Waals surface area contributed by atoms with E-state index in [0.717, 1.165) is 35.3 Å². The standard InChI is InChI=1S/C24H24N4O3/c1-23(2)17-10-11-24(23,3)22-21(17)26-19-13-15(6-9-18(19)27-22)25-20(29)12-14-4-7-16(8-5-14)28(30)31/h4-9,13,17H,10-12H2,1-3H3,(H,25,29). The molecule has 1 N–H and O–H groups in total. The Balaban J connectivity index is 1.38. The van der Waals surface area contributed by atoms with Crippen molar-refractivity contribution in [2.75, 3.05) is 5.32 Å². The highest BCUT2D eigenvalue weighted by atomic mass is 16.6. The Hall–Kier alpha value is -3.35. The van der Waals surface area contributed by atoms with Gasteiger partial charge in [0.25, 0.3) is 5.69 Å². The van der Waals surface area contributed by atoms with Crippen LogP contribution in [0.5, 0.6) is 0 Å². The predicted molar refractivity (Wildman–Crippen MR) is 118 cm³/mol. The number of non-ortho nitro benzene ring substituents is 1. The second kappa shape index (κ2) is 6.57. The second-order valence-electron chi connectivity index (χ2n) is 9.45. The van der Waals surface area contributed by atoms with E-state index in [1.807, 2.05) is 18.2 Å². The van der Waals surface area contributed by atoms with Crippen LogP contribution in [0.4, 0.5) is 11.4 Å². The molecule has 2 aliphatic carbocycles. The number of nitrogens with zero attached hydrogens (tertiary/aromatic N) is 3. The number of nitro benzene ring substituents is 1. The Bertz CT molecular complexity index is 1240. The van der Waals surface area contributed by atoms with Crippen LogP contribution in [0, 0.1) is 15.5 Å². The third-order valence-corrected chi connectivity index (χ3v) is 7.57. The van der Waals surface area contributed by atoms with Crippen LogP contribution < -0.4 is 5.32 Å². The third-order valence-electron chi connectivity index (χ3n) is 7.57. The normalized spacial score (nSPS) is 23.0. The van der Waals surface area contributed by atoms with Crippen molar-refractivity contribution in [3.8, 4) is 0 Å². The van der Waals surface area contributed by atoms with Gasteiger partial charge in [-0.25, -0.2) is 9.97 Å². The number of aromatic nitrogens is 2. The Morgan fingerprint density at radius 1 is 1.13 bits per heavy atom. The molecular formula is C24H24N4O3. The number of nitrogens with one attached hydrogen (secondary N) is 1. The van der Waals surface area contributed by atoms with E-state index in [1.54, 1.807) is 12.1 Å². The van der Waals surface area contributed by atoms with Crippen LogP contribution in [0.15, 0.2) is 42.5 Å². The zero-order chi connectivity index (χ0) is 22.0. The smallest absolute Gasteiger partial charge is 0.269 e. The number of carbonyl (C=O) groups is 1. The molecule has 2 aromatic carbocycles. The van der Waals surface area contributed by atoms with Gasteiger partial charge in [-0.2, -0.15) is 0 Å². The van der Waals surface area contributed by atoms with Crippen LogP contribution >= 0.6 is 0 Å². The van der Waals surface area contributed by atoms with Gasteiger partial charge in [0.15, 0.2) is 0 Å².